The fourth-order valence-electron chi connectivity index (χ4n) is 5.77. The molecule has 1 saturated carbocycles. The first-order valence-electron chi connectivity index (χ1n) is 14.4. The molecule has 0 aliphatic heterocycles. The molecule has 2 atom stereocenters. The first kappa shape index (κ1) is 30.8. The number of carbonyl (C=O) groups excluding carboxylic acids is 3. The van der Waals surface area contributed by atoms with E-state index in [9.17, 15) is 22.8 Å². The third kappa shape index (κ3) is 6.19. The number of Topliss-reactive ketones (excluding diaryl/α,β-unsaturated/α-hetero) is 1. The number of hydrogen-bond donors (Lipinski definition) is 3. The van der Waals surface area contributed by atoms with Gasteiger partial charge in [0.1, 0.15) is 5.75 Å². The summed E-state index contributed by atoms with van der Waals surface area (Å²) in [6, 6.07) is 17.6. The SMILES string of the molecule is COC(=O)C(C(=O)c1ccc(C(C)c2c[nH]c3ccc(NC(=O)NC4CCCC4)cc23)c(OC)c1)S(=O)(=O)c1ccccc1. The van der Waals surface area contributed by atoms with E-state index in [0.29, 0.717) is 11.4 Å². The van der Waals surface area contributed by atoms with Crippen LogP contribution in [0.25, 0.3) is 10.9 Å². The van der Waals surface area contributed by atoms with Gasteiger partial charge in [0, 0.05) is 45.9 Å². The van der Waals surface area contributed by atoms with Gasteiger partial charge in [0.15, 0.2) is 15.6 Å². The summed E-state index contributed by atoms with van der Waals surface area (Å²) in [5.41, 5.74) is 3.19. The van der Waals surface area contributed by atoms with Crippen LogP contribution in [0.3, 0.4) is 0 Å². The number of hydrogen-bond acceptors (Lipinski definition) is 7. The number of esters is 1. The van der Waals surface area contributed by atoms with Gasteiger partial charge >= 0.3 is 12.0 Å². The van der Waals surface area contributed by atoms with E-state index in [4.69, 9.17) is 9.47 Å². The second kappa shape index (κ2) is 12.9. The highest BCUT2D eigenvalue weighted by Crippen LogP contribution is 2.37. The number of ketones is 1. The van der Waals surface area contributed by atoms with Crippen LogP contribution in [0.15, 0.2) is 77.8 Å². The molecule has 1 heterocycles. The van der Waals surface area contributed by atoms with Crippen molar-refractivity contribution in [2.75, 3.05) is 19.5 Å². The smallest absolute Gasteiger partial charge is 0.332 e. The predicted octanol–water partition coefficient (Wildman–Crippen LogP) is 5.59. The quantitative estimate of drug-likeness (QED) is 0.120. The lowest BCUT2D eigenvalue weighted by molar-refractivity contribution is -0.139. The number of fused-ring (bicyclic) bond motifs is 1. The average Bonchev–Trinajstić information content (AvgIpc) is 3.70. The van der Waals surface area contributed by atoms with E-state index in [-0.39, 0.29) is 28.4 Å². The minimum absolute atomic E-state index is 0.00797. The van der Waals surface area contributed by atoms with Crippen molar-refractivity contribution < 1.29 is 32.3 Å². The molecule has 1 fully saturated rings. The fraction of sp³-hybridized carbons (Fsp3) is 0.303. The molecule has 1 aromatic heterocycles. The summed E-state index contributed by atoms with van der Waals surface area (Å²) in [5, 5.41) is 4.79. The largest absolute Gasteiger partial charge is 0.496 e. The molecule has 10 nitrogen and oxygen atoms in total. The maximum Gasteiger partial charge on any atom is 0.332 e. The average molecular weight is 618 g/mol. The molecule has 4 aromatic rings. The van der Waals surface area contributed by atoms with Crippen molar-refractivity contribution in [1.82, 2.24) is 10.3 Å². The molecule has 44 heavy (non-hydrogen) atoms. The number of benzene rings is 3. The standard InChI is InChI=1S/C33H35N3O7S/c1-20(27-19-34-28-16-14-23(18-26(27)28)36-33(39)35-22-9-7-8-10-22)25-15-13-21(17-29(25)42-2)30(37)31(32(38)43-3)44(40,41)24-11-5-4-6-12-24/h4-6,11-20,22,31,34H,7-10H2,1-3H3,(H2,35,36,39). The van der Waals surface area contributed by atoms with Gasteiger partial charge in [-0.05, 0) is 54.8 Å². The van der Waals surface area contributed by atoms with Crippen LogP contribution in [-0.2, 0) is 19.4 Å². The van der Waals surface area contributed by atoms with Crippen LogP contribution in [0.2, 0.25) is 0 Å². The number of carbonyl (C=O) groups is 3. The van der Waals surface area contributed by atoms with Crippen LogP contribution in [0, 0.1) is 0 Å². The summed E-state index contributed by atoms with van der Waals surface area (Å²) in [7, 11) is -1.89. The third-order valence-corrected chi connectivity index (χ3v) is 10.1. The van der Waals surface area contributed by atoms with E-state index in [1.807, 2.05) is 31.3 Å². The van der Waals surface area contributed by atoms with Gasteiger partial charge in [0.2, 0.25) is 5.25 Å². The Morgan fingerprint density at radius 2 is 1.66 bits per heavy atom. The van der Waals surface area contributed by atoms with E-state index >= 15 is 0 Å². The maximum absolute atomic E-state index is 13.6. The fourth-order valence-corrected chi connectivity index (χ4v) is 7.35. The summed E-state index contributed by atoms with van der Waals surface area (Å²) in [6.07, 6.45) is 6.11. The summed E-state index contributed by atoms with van der Waals surface area (Å²) in [6.45, 7) is 1.98. The van der Waals surface area contributed by atoms with Gasteiger partial charge in [0.25, 0.3) is 0 Å². The number of nitrogens with one attached hydrogen (secondary N) is 3. The minimum Gasteiger partial charge on any atom is -0.496 e. The molecule has 1 aliphatic rings. The molecule has 3 N–H and O–H groups in total. The zero-order chi connectivity index (χ0) is 31.4. The van der Waals surface area contributed by atoms with Gasteiger partial charge in [-0.3, -0.25) is 9.59 Å². The molecule has 0 radical (unpaired) electrons. The molecule has 230 valence electrons. The highest BCUT2D eigenvalue weighted by atomic mass is 32.2. The van der Waals surface area contributed by atoms with E-state index in [1.54, 1.807) is 12.1 Å². The van der Waals surface area contributed by atoms with Crippen molar-refractivity contribution in [1.29, 1.82) is 0 Å². The summed E-state index contributed by atoms with van der Waals surface area (Å²) in [4.78, 5) is 41.9. The number of ether oxygens (including phenoxy) is 2. The van der Waals surface area contributed by atoms with Crippen molar-refractivity contribution in [2.24, 2.45) is 0 Å². The maximum atomic E-state index is 13.6. The molecule has 5 rings (SSSR count). The first-order chi connectivity index (χ1) is 21.1. The van der Waals surface area contributed by atoms with Crippen molar-refractivity contribution >= 4 is 44.2 Å². The van der Waals surface area contributed by atoms with Gasteiger partial charge in [-0.1, -0.05) is 50.1 Å². The van der Waals surface area contributed by atoms with Gasteiger partial charge in [-0.25, -0.2) is 13.2 Å². The molecule has 1 aliphatic carbocycles. The van der Waals surface area contributed by atoms with E-state index in [2.05, 4.69) is 15.6 Å². The zero-order valence-corrected chi connectivity index (χ0v) is 25.6. The number of amides is 2. The number of anilines is 1. The Kier molecular flexibility index (Phi) is 9.05. The summed E-state index contributed by atoms with van der Waals surface area (Å²) in [5.74, 6) is -1.97. The topological polar surface area (TPSA) is 144 Å². The number of sulfone groups is 1. The van der Waals surface area contributed by atoms with Crippen molar-refractivity contribution in [2.45, 2.75) is 54.7 Å². The molecule has 3 aromatic carbocycles. The second-order valence-corrected chi connectivity index (χ2v) is 12.9. The second-order valence-electron chi connectivity index (χ2n) is 10.9. The summed E-state index contributed by atoms with van der Waals surface area (Å²) >= 11 is 0. The first-order valence-corrected chi connectivity index (χ1v) is 16.0. The number of H-pyrrole nitrogens is 1. The molecular weight excluding hydrogens is 582 g/mol. The number of aromatic amines is 1. The van der Waals surface area contributed by atoms with Crippen molar-refractivity contribution in [3.05, 3.63) is 89.6 Å². The van der Waals surface area contributed by atoms with Gasteiger partial charge in [0.05, 0.1) is 19.1 Å². The highest BCUT2D eigenvalue weighted by molar-refractivity contribution is 7.93. The Bertz CT molecular complexity index is 1790. The normalized spacial score (nSPS) is 15.0. The third-order valence-electron chi connectivity index (χ3n) is 8.15. The van der Waals surface area contributed by atoms with Crippen molar-refractivity contribution in [3.63, 3.8) is 0 Å². The van der Waals surface area contributed by atoms with Crippen LogP contribution in [-0.4, -0.2) is 56.7 Å². The lowest BCUT2D eigenvalue weighted by atomic mass is 9.90. The number of rotatable bonds is 10. The van der Waals surface area contributed by atoms with Gasteiger partial charge < -0.3 is 25.1 Å². The predicted molar refractivity (Wildman–Crippen MR) is 167 cm³/mol. The Hall–Kier alpha value is -4.64. The van der Waals surface area contributed by atoms with Gasteiger partial charge in [-0.2, -0.15) is 0 Å². The Balaban J connectivity index is 1.43. The summed E-state index contributed by atoms with van der Waals surface area (Å²) < 4.78 is 37.1. The number of methoxy groups -OCH3 is 2. The lowest BCUT2D eigenvalue weighted by Gasteiger charge is -2.19. The van der Waals surface area contributed by atoms with Crippen LogP contribution >= 0.6 is 0 Å². The molecule has 0 saturated heterocycles. The molecule has 2 amide bonds. The minimum atomic E-state index is -4.39. The van der Waals surface area contributed by atoms with Crippen LogP contribution in [0.4, 0.5) is 10.5 Å². The molecule has 11 heteroatoms. The number of urea groups is 1. The Morgan fingerprint density at radius 1 is 0.932 bits per heavy atom. The Labute approximate surface area is 256 Å². The molecule has 0 bridgehead atoms. The van der Waals surface area contributed by atoms with E-state index < -0.39 is 26.8 Å². The van der Waals surface area contributed by atoms with E-state index in [1.165, 1.54) is 43.5 Å². The zero-order valence-electron chi connectivity index (χ0n) is 24.8. The molecule has 2 unspecified atom stereocenters. The number of aromatic nitrogens is 1. The monoisotopic (exact) mass is 617 g/mol. The van der Waals surface area contributed by atoms with Gasteiger partial charge in [-0.15, -0.1) is 0 Å². The molecule has 0 spiro atoms. The Morgan fingerprint density at radius 3 is 2.34 bits per heavy atom. The van der Waals surface area contributed by atoms with Crippen molar-refractivity contribution in [3.8, 4) is 5.75 Å². The van der Waals surface area contributed by atoms with E-state index in [0.717, 1.165) is 54.8 Å². The van der Waals surface area contributed by atoms with Crippen LogP contribution in [0.1, 0.15) is 60.0 Å². The lowest BCUT2D eigenvalue weighted by Crippen LogP contribution is -2.39. The van der Waals surface area contributed by atoms with Crippen LogP contribution in [0.5, 0.6) is 5.75 Å². The van der Waals surface area contributed by atoms with Crippen LogP contribution < -0.4 is 15.4 Å². The molecular formula is C33H35N3O7S. The highest BCUT2D eigenvalue weighted by Gasteiger charge is 2.42.